The first-order valence-electron chi connectivity index (χ1n) is 5.27. The summed E-state index contributed by atoms with van der Waals surface area (Å²) in [4.78, 5) is 0. The van der Waals surface area contributed by atoms with E-state index in [4.69, 9.17) is 4.52 Å². The van der Waals surface area contributed by atoms with E-state index < -0.39 is 8.25 Å². The Balaban J connectivity index is 2.02. The van der Waals surface area contributed by atoms with Gasteiger partial charge in [0.1, 0.15) is 0 Å². The summed E-state index contributed by atoms with van der Waals surface area (Å²) in [6.07, 6.45) is 8.82. The van der Waals surface area contributed by atoms with E-state index in [0.29, 0.717) is 6.61 Å². The summed E-state index contributed by atoms with van der Waals surface area (Å²) in [5, 5.41) is 0. The standard InChI is InChI=1S/C10H19O3P/c1-2-12-14(11)13-9-8-10-6-4-3-5-7-10/h2,10,14H,1,3-9H2. The van der Waals surface area contributed by atoms with Crippen molar-refractivity contribution >= 4 is 8.25 Å². The van der Waals surface area contributed by atoms with Crippen molar-refractivity contribution in [2.45, 2.75) is 38.5 Å². The van der Waals surface area contributed by atoms with Crippen LogP contribution in [0, 0.1) is 5.92 Å². The second kappa shape index (κ2) is 7.08. The van der Waals surface area contributed by atoms with Crippen molar-refractivity contribution in [3.8, 4) is 0 Å². The minimum atomic E-state index is -2.31. The molecule has 1 atom stereocenters. The first-order valence-corrected chi connectivity index (χ1v) is 6.49. The van der Waals surface area contributed by atoms with Crippen LogP contribution in [0.2, 0.25) is 0 Å². The molecule has 0 aromatic carbocycles. The molecule has 1 fully saturated rings. The summed E-state index contributed by atoms with van der Waals surface area (Å²) in [7, 11) is -2.31. The number of hydrogen-bond acceptors (Lipinski definition) is 3. The molecule has 0 bridgehead atoms. The van der Waals surface area contributed by atoms with Crippen molar-refractivity contribution in [3.63, 3.8) is 0 Å². The van der Waals surface area contributed by atoms with Crippen LogP contribution in [0.15, 0.2) is 12.8 Å². The maximum absolute atomic E-state index is 11.0. The Labute approximate surface area is 86.4 Å². The molecule has 0 aromatic heterocycles. The van der Waals surface area contributed by atoms with Gasteiger partial charge in [-0.1, -0.05) is 38.7 Å². The van der Waals surface area contributed by atoms with E-state index in [1.54, 1.807) is 0 Å². The summed E-state index contributed by atoms with van der Waals surface area (Å²) in [5.74, 6) is 0.766. The van der Waals surface area contributed by atoms with Gasteiger partial charge in [-0.3, -0.25) is 0 Å². The molecule has 1 aliphatic carbocycles. The molecule has 0 aliphatic heterocycles. The largest absolute Gasteiger partial charge is 0.435 e. The average Bonchev–Trinajstić information content (AvgIpc) is 2.20. The first kappa shape index (κ1) is 11.8. The lowest BCUT2D eigenvalue weighted by Crippen LogP contribution is -2.08. The molecular weight excluding hydrogens is 199 g/mol. The van der Waals surface area contributed by atoms with Crippen LogP contribution in [0.1, 0.15) is 38.5 Å². The Bertz CT molecular complexity index is 188. The first-order chi connectivity index (χ1) is 6.83. The highest BCUT2D eigenvalue weighted by Gasteiger charge is 2.13. The molecule has 0 aromatic rings. The second-order valence-corrected chi connectivity index (χ2v) is 4.70. The van der Waals surface area contributed by atoms with Gasteiger partial charge in [-0.15, -0.1) is 0 Å². The van der Waals surface area contributed by atoms with Gasteiger partial charge < -0.3 is 9.05 Å². The highest BCUT2D eigenvalue weighted by Crippen LogP contribution is 2.29. The smallest absolute Gasteiger partial charge is 0.367 e. The molecule has 1 rings (SSSR count). The van der Waals surface area contributed by atoms with Crippen LogP contribution in [0.25, 0.3) is 0 Å². The van der Waals surface area contributed by atoms with Gasteiger partial charge in [-0.05, 0) is 12.3 Å². The third-order valence-electron chi connectivity index (χ3n) is 2.65. The highest BCUT2D eigenvalue weighted by atomic mass is 31.1. The molecule has 4 heteroatoms. The minimum absolute atomic E-state index is 0.552. The predicted molar refractivity (Wildman–Crippen MR) is 57.4 cm³/mol. The van der Waals surface area contributed by atoms with Crippen LogP contribution in [0.3, 0.4) is 0 Å². The molecule has 1 aliphatic rings. The predicted octanol–water partition coefficient (Wildman–Crippen LogP) is 3.52. The van der Waals surface area contributed by atoms with Crippen LogP contribution >= 0.6 is 8.25 Å². The van der Waals surface area contributed by atoms with E-state index in [2.05, 4.69) is 11.1 Å². The van der Waals surface area contributed by atoms with E-state index in [0.717, 1.165) is 12.3 Å². The average molecular weight is 218 g/mol. The highest BCUT2D eigenvalue weighted by molar-refractivity contribution is 7.33. The monoisotopic (exact) mass is 218 g/mol. The fourth-order valence-electron chi connectivity index (χ4n) is 1.89. The van der Waals surface area contributed by atoms with Crippen LogP contribution in [0.4, 0.5) is 0 Å². The molecule has 0 saturated heterocycles. The van der Waals surface area contributed by atoms with Gasteiger partial charge in [0.25, 0.3) is 0 Å². The molecule has 0 spiro atoms. The van der Waals surface area contributed by atoms with Crippen molar-refractivity contribution in [3.05, 3.63) is 12.8 Å². The number of rotatable bonds is 6. The molecule has 0 N–H and O–H groups in total. The van der Waals surface area contributed by atoms with E-state index in [-0.39, 0.29) is 0 Å². The maximum atomic E-state index is 11.0. The van der Waals surface area contributed by atoms with Gasteiger partial charge in [-0.25, -0.2) is 4.57 Å². The van der Waals surface area contributed by atoms with Gasteiger partial charge in [0.2, 0.25) is 0 Å². The van der Waals surface area contributed by atoms with Gasteiger partial charge >= 0.3 is 8.25 Å². The van der Waals surface area contributed by atoms with Crippen LogP contribution in [-0.4, -0.2) is 6.61 Å². The van der Waals surface area contributed by atoms with Crippen molar-refractivity contribution in [1.29, 1.82) is 0 Å². The summed E-state index contributed by atoms with van der Waals surface area (Å²) < 4.78 is 20.6. The van der Waals surface area contributed by atoms with E-state index in [1.807, 2.05) is 0 Å². The fraction of sp³-hybridized carbons (Fsp3) is 0.800. The Morgan fingerprint density at radius 1 is 1.36 bits per heavy atom. The lowest BCUT2D eigenvalue weighted by Gasteiger charge is -2.20. The Morgan fingerprint density at radius 2 is 2.07 bits per heavy atom. The molecular formula is C10H19O3P. The van der Waals surface area contributed by atoms with E-state index >= 15 is 0 Å². The van der Waals surface area contributed by atoms with Gasteiger partial charge in [0.05, 0.1) is 12.9 Å². The summed E-state index contributed by atoms with van der Waals surface area (Å²) in [5.41, 5.74) is 0. The third kappa shape index (κ3) is 4.83. The molecule has 3 nitrogen and oxygen atoms in total. The molecule has 1 unspecified atom stereocenters. The topological polar surface area (TPSA) is 35.5 Å². The minimum Gasteiger partial charge on any atom is -0.435 e. The van der Waals surface area contributed by atoms with Crippen LogP contribution in [0.5, 0.6) is 0 Å². The van der Waals surface area contributed by atoms with Crippen molar-refractivity contribution in [1.82, 2.24) is 0 Å². The summed E-state index contributed by atoms with van der Waals surface area (Å²) in [6.45, 7) is 3.87. The fourth-order valence-corrected chi connectivity index (χ4v) is 2.38. The SMILES string of the molecule is C=CO[PH](=O)OCCC1CCCCC1. The third-order valence-corrected chi connectivity index (χ3v) is 3.45. The molecule has 1 saturated carbocycles. The van der Waals surface area contributed by atoms with E-state index in [1.165, 1.54) is 38.4 Å². The molecule has 0 amide bonds. The van der Waals surface area contributed by atoms with Gasteiger partial charge in [0.15, 0.2) is 0 Å². The Hall–Kier alpha value is -0.270. The Kier molecular flexibility index (Phi) is 5.97. The van der Waals surface area contributed by atoms with Crippen LogP contribution in [-0.2, 0) is 13.6 Å². The quantitative estimate of drug-likeness (QED) is 0.505. The molecule has 82 valence electrons. The maximum Gasteiger partial charge on any atom is 0.367 e. The van der Waals surface area contributed by atoms with Gasteiger partial charge in [0, 0.05) is 0 Å². The molecule has 0 radical (unpaired) electrons. The lowest BCUT2D eigenvalue weighted by molar-refractivity contribution is 0.228. The van der Waals surface area contributed by atoms with E-state index in [9.17, 15) is 4.57 Å². The van der Waals surface area contributed by atoms with Gasteiger partial charge in [-0.2, -0.15) is 0 Å². The van der Waals surface area contributed by atoms with Crippen molar-refractivity contribution in [2.24, 2.45) is 5.92 Å². The molecule has 14 heavy (non-hydrogen) atoms. The van der Waals surface area contributed by atoms with Crippen molar-refractivity contribution < 1.29 is 13.6 Å². The Morgan fingerprint density at radius 3 is 2.71 bits per heavy atom. The molecule has 0 heterocycles. The van der Waals surface area contributed by atoms with Crippen LogP contribution < -0.4 is 0 Å². The second-order valence-electron chi connectivity index (χ2n) is 3.68. The zero-order valence-electron chi connectivity index (χ0n) is 8.54. The number of hydrogen-bond donors (Lipinski definition) is 0. The zero-order chi connectivity index (χ0) is 10.2. The summed E-state index contributed by atoms with van der Waals surface area (Å²) in [6, 6.07) is 0. The van der Waals surface area contributed by atoms with Crippen molar-refractivity contribution in [2.75, 3.05) is 6.61 Å². The summed E-state index contributed by atoms with van der Waals surface area (Å²) >= 11 is 0. The zero-order valence-corrected chi connectivity index (χ0v) is 9.54. The normalized spacial score (nSPS) is 20.3. The lowest BCUT2D eigenvalue weighted by atomic mass is 9.87.